The first-order chi connectivity index (χ1) is 9.33. The van der Waals surface area contributed by atoms with Gasteiger partial charge in [-0.1, -0.05) is 36.4 Å². The maximum absolute atomic E-state index is 5.38. The number of rotatable bonds is 4. The Labute approximate surface area is 125 Å². The monoisotopic (exact) mass is 290 g/mol. The number of ether oxygens (including phenoxy) is 2. The number of fused-ring (bicyclic) bond motifs is 1. The van der Waals surface area contributed by atoms with Gasteiger partial charge in [0.2, 0.25) is 6.79 Å². The van der Waals surface area contributed by atoms with Crippen LogP contribution in [0.1, 0.15) is 24.1 Å². The minimum absolute atomic E-state index is 0. The van der Waals surface area contributed by atoms with Gasteiger partial charge in [-0.25, -0.2) is 0 Å². The lowest BCUT2D eigenvalue weighted by molar-refractivity contribution is -0.00000546. The van der Waals surface area contributed by atoms with Crippen LogP contribution < -0.4 is 27.2 Å². The van der Waals surface area contributed by atoms with E-state index in [0.29, 0.717) is 12.8 Å². The Morgan fingerprint density at radius 3 is 2.60 bits per heavy atom. The number of hydrogen-bond donors (Lipinski definition) is 1. The largest absolute Gasteiger partial charge is 1.00 e. The molecule has 3 rings (SSSR count). The molecule has 0 amide bonds. The third-order valence-electron chi connectivity index (χ3n) is 3.35. The summed E-state index contributed by atoms with van der Waals surface area (Å²) in [6, 6.07) is 16.8. The van der Waals surface area contributed by atoms with E-state index in [1.807, 2.05) is 18.2 Å². The van der Waals surface area contributed by atoms with Gasteiger partial charge in [0.05, 0.1) is 0 Å². The standard InChI is InChI=1S/C16H17NO2.ClH/c1-12(14-5-3-2-4-6-14)17-10-13-7-8-15-16(9-13)19-11-18-15;/h2-9,12,17H,10-11H2,1H3;1H/p-1. The quantitative estimate of drug-likeness (QED) is 0.877. The fraction of sp³-hybridized carbons (Fsp3) is 0.250. The zero-order valence-electron chi connectivity index (χ0n) is 11.3. The molecule has 0 aliphatic carbocycles. The van der Waals surface area contributed by atoms with E-state index < -0.39 is 0 Å². The van der Waals surface area contributed by atoms with Crippen LogP contribution in [0.4, 0.5) is 0 Å². The van der Waals surface area contributed by atoms with Crippen molar-refractivity contribution in [1.82, 2.24) is 5.32 Å². The molecule has 0 saturated carbocycles. The topological polar surface area (TPSA) is 30.5 Å². The van der Waals surface area contributed by atoms with Gasteiger partial charge in [-0.15, -0.1) is 0 Å². The van der Waals surface area contributed by atoms with E-state index in [4.69, 9.17) is 9.47 Å². The lowest BCUT2D eigenvalue weighted by Crippen LogP contribution is -3.00. The first-order valence-corrected chi connectivity index (χ1v) is 6.50. The molecular formula is C16H17ClNO2-. The first-order valence-electron chi connectivity index (χ1n) is 6.50. The second-order valence-electron chi connectivity index (χ2n) is 4.70. The first kappa shape index (κ1) is 14.7. The fourth-order valence-electron chi connectivity index (χ4n) is 2.18. The number of benzene rings is 2. The summed E-state index contributed by atoms with van der Waals surface area (Å²) in [6.45, 7) is 3.31. The normalized spacial score (nSPS) is 13.7. The van der Waals surface area contributed by atoms with Gasteiger partial charge >= 0.3 is 0 Å². The number of hydrogen-bond acceptors (Lipinski definition) is 3. The molecule has 2 aromatic carbocycles. The minimum Gasteiger partial charge on any atom is -1.00 e. The predicted molar refractivity (Wildman–Crippen MR) is 74.3 cm³/mol. The molecule has 1 aliphatic heterocycles. The highest BCUT2D eigenvalue weighted by Gasteiger charge is 2.13. The van der Waals surface area contributed by atoms with Gasteiger partial charge in [0.15, 0.2) is 11.5 Å². The van der Waals surface area contributed by atoms with Gasteiger partial charge in [-0.2, -0.15) is 0 Å². The van der Waals surface area contributed by atoms with Crippen LogP contribution in [0.2, 0.25) is 0 Å². The second-order valence-corrected chi connectivity index (χ2v) is 4.70. The molecule has 0 saturated heterocycles. The second kappa shape index (κ2) is 6.64. The Hall–Kier alpha value is -1.71. The van der Waals surface area contributed by atoms with Crippen LogP contribution in [-0.2, 0) is 6.54 Å². The summed E-state index contributed by atoms with van der Waals surface area (Å²) < 4.78 is 10.7. The summed E-state index contributed by atoms with van der Waals surface area (Å²) >= 11 is 0. The Balaban J connectivity index is 0.00000147. The maximum atomic E-state index is 5.38. The third-order valence-corrected chi connectivity index (χ3v) is 3.35. The van der Waals surface area contributed by atoms with Crippen molar-refractivity contribution in [2.75, 3.05) is 6.79 Å². The number of halogens is 1. The summed E-state index contributed by atoms with van der Waals surface area (Å²) in [5.41, 5.74) is 2.50. The molecule has 20 heavy (non-hydrogen) atoms. The van der Waals surface area contributed by atoms with Crippen molar-refractivity contribution in [2.24, 2.45) is 0 Å². The Morgan fingerprint density at radius 2 is 1.80 bits per heavy atom. The lowest BCUT2D eigenvalue weighted by Gasteiger charge is -2.14. The molecule has 0 spiro atoms. The molecule has 3 nitrogen and oxygen atoms in total. The van der Waals surface area contributed by atoms with Crippen LogP contribution in [0.15, 0.2) is 48.5 Å². The van der Waals surface area contributed by atoms with Gasteiger partial charge in [0.1, 0.15) is 0 Å². The average molecular weight is 291 g/mol. The molecule has 0 radical (unpaired) electrons. The molecule has 1 N–H and O–H groups in total. The van der Waals surface area contributed by atoms with Gasteiger partial charge in [0.25, 0.3) is 0 Å². The SMILES string of the molecule is CC(NCc1ccc2c(c1)OCO2)c1ccccc1.[Cl-]. The Bertz CT molecular complexity index is 560. The van der Waals surface area contributed by atoms with Crippen molar-refractivity contribution in [3.8, 4) is 11.5 Å². The average Bonchev–Trinajstić information content (AvgIpc) is 2.93. The zero-order valence-corrected chi connectivity index (χ0v) is 12.1. The molecule has 106 valence electrons. The van der Waals surface area contributed by atoms with Crippen molar-refractivity contribution in [3.05, 3.63) is 59.7 Å². The molecule has 1 unspecified atom stereocenters. The van der Waals surface area contributed by atoms with E-state index in [1.54, 1.807) is 0 Å². The van der Waals surface area contributed by atoms with E-state index in [-0.39, 0.29) is 12.4 Å². The molecule has 0 aromatic heterocycles. The van der Waals surface area contributed by atoms with Crippen LogP contribution in [0.25, 0.3) is 0 Å². The molecule has 0 bridgehead atoms. The fourth-order valence-corrected chi connectivity index (χ4v) is 2.18. The molecular weight excluding hydrogens is 274 g/mol. The molecule has 2 aromatic rings. The highest BCUT2D eigenvalue weighted by molar-refractivity contribution is 5.44. The van der Waals surface area contributed by atoms with Gasteiger partial charge in [-0.05, 0) is 30.2 Å². The number of nitrogens with one attached hydrogen (secondary N) is 1. The summed E-state index contributed by atoms with van der Waals surface area (Å²) in [5, 5.41) is 3.51. The minimum atomic E-state index is 0. The van der Waals surface area contributed by atoms with E-state index in [1.165, 1.54) is 11.1 Å². The summed E-state index contributed by atoms with van der Waals surface area (Å²) in [7, 11) is 0. The molecule has 1 aliphatic rings. The molecule has 4 heteroatoms. The van der Waals surface area contributed by atoms with Crippen LogP contribution in [0, 0.1) is 0 Å². The smallest absolute Gasteiger partial charge is 0.231 e. The summed E-state index contributed by atoms with van der Waals surface area (Å²) in [5.74, 6) is 1.67. The molecule has 0 fully saturated rings. The van der Waals surface area contributed by atoms with Crippen LogP contribution in [-0.4, -0.2) is 6.79 Å². The van der Waals surface area contributed by atoms with Crippen molar-refractivity contribution in [1.29, 1.82) is 0 Å². The van der Waals surface area contributed by atoms with E-state index in [0.717, 1.165) is 18.0 Å². The van der Waals surface area contributed by atoms with E-state index in [2.05, 4.69) is 42.6 Å². The van der Waals surface area contributed by atoms with Crippen molar-refractivity contribution in [2.45, 2.75) is 19.5 Å². The zero-order chi connectivity index (χ0) is 13.1. The van der Waals surface area contributed by atoms with Gasteiger partial charge in [-0.3, -0.25) is 0 Å². The molecule has 1 atom stereocenters. The maximum Gasteiger partial charge on any atom is 0.231 e. The Morgan fingerprint density at radius 1 is 1.05 bits per heavy atom. The summed E-state index contributed by atoms with van der Waals surface area (Å²) in [6.07, 6.45) is 0. The van der Waals surface area contributed by atoms with Crippen molar-refractivity contribution in [3.63, 3.8) is 0 Å². The van der Waals surface area contributed by atoms with E-state index >= 15 is 0 Å². The van der Waals surface area contributed by atoms with Crippen LogP contribution >= 0.6 is 0 Å². The van der Waals surface area contributed by atoms with Gasteiger partial charge < -0.3 is 27.2 Å². The van der Waals surface area contributed by atoms with Crippen molar-refractivity contribution >= 4 is 0 Å². The highest BCUT2D eigenvalue weighted by atomic mass is 35.5. The lowest BCUT2D eigenvalue weighted by atomic mass is 10.1. The highest BCUT2D eigenvalue weighted by Crippen LogP contribution is 2.32. The van der Waals surface area contributed by atoms with Crippen LogP contribution in [0.3, 0.4) is 0 Å². The molecule has 1 heterocycles. The van der Waals surface area contributed by atoms with Crippen LogP contribution in [0.5, 0.6) is 11.5 Å². The Kier molecular flexibility index (Phi) is 4.88. The van der Waals surface area contributed by atoms with Gasteiger partial charge in [0, 0.05) is 12.6 Å². The third kappa shape index (κ3) is 3.24. The van der Waals surface area contributed by atoms with E-state index in [9.17, 15) is 0 Å². The van der Waals surface area contributed by atoms with Crippen molar-refractivity contribution < 1.29 is 21.9 Å². The predicted octanol–water partition coefficient (Wildman–Crippen LogP) is 0.270. The summed E-state index contributed by atoms with van der Waals surface area (Å²) in [4.78, 5) is 0.